The summed E-state index contributed by atoms with van der Waals surface area (Å²) in [5, 5.41) is 3.30. The molecule has 4 nitrogen and oxygen atoms in total. The Kier molecular flexibility index (Phi) is 3.41. The van der Waals surface area contributed by atoms with E-state index in [1.54, 1.807) is 0 Å². The third-order valence-electron chi connectivity index (χ3n) is 2.79. The molecule has 1 unspecified atom stereocenters. The van der Waals surface area contributed by atoms with Gasteiger partial charge >= 0.3 is 0 Å². The van der Waals surface area contributed by atoms with Crippen LogP contribution in [0.3, 0.4) is 0 Å². The van der Waals surface area contributed by atoms with Crippen LogP contribution in [0.4, 0.5) is 0 Å². The van der Waals surface area contributed by atoms with E-state index in [9.17, 15) is 4.79 Å². The van der Waals surface area contributed by atoms with Crippen LogP contribution < -0.4 is 11.1 Å². The summed E-state index contributed by atoms with van der Waals surface area (Å²) in [6.07, 6.45) is 1.29. The average molecular weight is 214 g/mol. The molecule has 0 spiro atoms. The molecular formula is C11H22N2O2. The number of ether oxygens (including phenoxy) is 1. The Morgan fingerprint density at radius 2 is 2.07 bits per heavy atom. The normalized spacial score (nSPS) is 30.5. The first-order valence-electron chi connectivity index (χ1n) is 5.49. The van der Waals surface area contributed by atoms with E-state index in [4.69, 9.17) is 10.5 Å². The van der Waals surface area contributed by atoms with Crippen LogP contribution in [0, 0.1) is 0 Å². The molecule has 1 heterocycles. The number of carbonyl (C=O) groups is 1. The van der Waals surface area contributed by atoms with E-state index >= 15 is 0 Å². The largest absolute Gasteiger partial charge is 0.375 e. The first-order chi connectivity index (χ1) is 6.77. The predicted octanol–water partition coefficient (Wildman–Crippen LogP) is 0.797. The first kappa shape index (κ1) is 12.5. The van der Waals surface area contributed by atoms with E-state index in [-0.39, 0.29) is 17.6 Å². The van der Waals surface area contributed by atoms with Crippen molar-refractivity contribution in [3.8, 4) is 0 Å². The fraction of sp³-hybridized carbons (Fsp3) is 0.909. The average Bonchev–Trinajstić information content (AvgIpc) is 1.99. The van der Waals surface area contributed by atoms with E-state index in [0.29, 0.717) is 19.4 Å². The van der Waals surface area contributed by atoms with Crippen molar-refractivity contribution in [3.63, 3.8) is 0 Å². The van der Waals surface area contributed by atoms with E-state index < -0.39 is 5.54 Å². The highest BCUT2D eigenvalue weighted by molar-refractivity contribution is 5.85. The minimum Gasteiger partial charge on any atom is -0.375 e. The van der Waals surface area contributed by atoms with Gasteiger partial charge in [-0.15, -0.1) is 0 Å². The van der Waals surface area contributed by atoms with Gasteiger partial charge in [-0.1, -0.05) is 0 Å². The topological polar surface area (TPSA) is 64.3 Å². The summed E-state index contributed by atoms with van der Waals surface area (Å²) in [7, 11) is 0. The Labute approximate surface area is 91.5 Å². The Morgan fingerprint density at radius 1 is 1.47 bits per heavy atom. The highest BCUT2D eigenvalue weighted by atomic mass is 16.5. The van der Waals surface area contributed by atoms with Crippen molar-refractivity contribution >= 4 is 5.91 Å². The fourth-order valence-electron chi connectivity index (χ4n) is 2.32. The minimum absolute atomic E-state index is 0.242. The van der Waals surface area contributed by atoms with Gasteiger partial charge in [-0.05, 0) is 34.1 Å². The number of hydrogen-bond donors (Lipinski definition) is 2. The van der Waals surface area contributed by atoms with Crippen molar-refractivity contribution in [2.24, 2.45) is 5.73 Å². The lowest BCUT2D eigenvalue weighted by Crippen LogP contribution is -2.63. The molecule has 88 valence electrons. The van der Waals surface area contributed by atoms with Crippen LogP contribution in [-0.2, 0) is 9.53 Å². The number of rotatable bonds is 3. The van der Waals surface area contributed by atoms with Crippen molar-refractivity contribution in [2.75, 3.05) is 6.61 Å². The van der Waals surface area contributed by atoms with Crippen LogP contribution in [0.1, 0.15) is 40.5 Å². The van der Waals surface area contributed by atoms with E-state index in [0.717, 1.165) is 0 Å². The van der Waals surface area contributed by atoms with Crippen molar-refractivity contribution in [1.29, 1.82) is 0 Å². The fourth-order valence-corrected chi connectivity index (χ4v) is 2.32. The van der Waals surface area contributed by atoms with Gasteiger partial charge < -0.3 is 15.8 Å². The minimum atomic E-state index is -0.601. The molecule has 3 N–H and O–H groups in total. The number of nitrogens with two attached hydrogens (primary N) is 1. The molecule has 15 heavy (non-hydrogen) atoms. The molecule has 1 rings (SSSR count). The molecule has 0 radical (unpaired) electrons. The Bertz CT molecular complexity index is 251. The first-order valence-corrected chi connectivity index (χ1v) is 5.49. The van der Waals surface area contributed by atoms with E-state index in [2.05, 4.69) is 5.32 Å². The maximum Gasteiger partial charge on any atom is 0.237 e. The van der Waals surface area contributed by atoms with Crippen molar-refractivity contribution < 1.29 is 9.53 Å². The summed E-state index contributed by atoms with van der Waals surface area (Å²) >= 11 is 0. The van der Waals surface area contributed by atoms with E-state index in [1.807, 2.05) is 27.7 Å². The quantitative estimate of drug-likeness (QED) is 0.730. The van der Waals surface area contributed by atoms with E-state index in [1.165, 1.54) is 0 Å². The van der Waals surface area contributed by atoms with Gasteiger partial charge in [0.05, 0.1) is 5.60 Å². The van der Waals surface area contributed by atoms with Gasteiger partial charge in [0.1, 0.15) is 5.54 Å². The Hall–Kier alpha value is -0.610. The number of carbonyl (C=O) groups excluding carboxylic acids is 1. The summed E-state index contributed by atoms with van der Waals surface area (Å²) in [4.78, 5) is 11.6. The standard InChI is InChI=1S/C11H22N2O2/c1-8(2)13-11(9(12)14)5-6-15-10(3,4)7-11/h8,13H,5-7H2,1-4H3,(H2,12,14). The number of primary amides is 1. The van der Waals surface area contributed by atoms with Gasteiger partial charge in [0.25, 0.3) is 0 Å². The third kappa shape index (κ3) is 2.92. The second kappa shape index (κ2) is 4.10. The molecule has 0 aromatic heterocycles. The van der Waals surface area contributed by atoms with Gasteiger partial charge in [0.15, 0.2) is 0 Å². The molecule has 1 amide bonds. The zero-order chi connectivity index (χ0) is 11.7. The maximum atomic E-state index is 11.6. The number of hydrogen-bond acceptors (Lipinski definition) is 3. The van der Waals surface area contributed by atoms with Gasteiger partial charge in [-0.25, -0.2) is 0 Å². The van der Waals surface area contributed by atoms with Crippen LogP contribution in [0.2, 0.25) is 0 Å². The van der Waals surface area contributed by atoms with Gasteiger partial charge in [-0.2, -0.15) is 0 Å². The molecule has 0 aliphatic carbocycles. The maximum absolute atomic E-state index is 11.6. The monoisotopic (exact) mass is 214 g/mol. The van der Waals surface area contributed by atoms with Gasteiger partial charge in [-0.3, -0.25) is 4.79 Å². The zero-order valence-corrected chi connectivity index (χ0v) is 10.1. The lowest BCUT2D eigenvalue weighted by Gasteiger charge is -2.44. The Balaban J connectivity index is 2.86. The van der Waals surface area contributed by atoms with Crippen molar-refractivity contribution in [2.45, 2.75) is 57.7 Å². The summed E-state index contributed by atoms with van der Waals surface area (Å²) in [6.45, 7) is 8.60. The summed E-state index contributed by atoms with van der Waals surface area (Å²) < 4.78 is 5.60. The number of nitrogens with one attached hydrogen (secondary N) is 1. The molecule has 1 aliphatic rings. The molecule has 1 saturated heterocycles. The molecule has 0 aromatic carbocycles. The predicted molar refractivity (Wildman–Crippen MR) is 59.5 cm³/mol. The van der Waals surface area contributed by atoms with Crippen molar-refractivity contribution in [3.05, 3.63) is 0 Å². The second-order valence-electron chi connectivity index (χ2n) is 5.28. The SMILES string of the molecule is CC(C)NC1(C(N)=O)CCOC(C)(C)C1. The highest BCUT2D eigenvalue weighted by Gasteiger charge is 2.45. The molecular weight excluding hydrogens is 192 g/mol. The summed E-state index contributed by atoms with van der Waals surface area (Å²) in [6, 6.07) is 0.242. The molecule has 0 saturated carbocycles. The lowest BCUT2D eigenvalue weighted by atomic mass is 9.80. The lowest BCUT2D eigenvalue weighted by molar-refractivity contribution is -0.139. The molecule has 1 fully saturated rings. The molecule has 1 atom stereocenters. The molecule has 0 aromatic rings. The van der Waals surface area contributed by atoms with Crippen LogP contribution >= 0.6 is 0 Å². The zero-order valence-electron chi connectivity index (χ0n) is 10.1. The van der Waals surface area contributed by atoms with Crippen LogP contribution in [0.25, 0.3) is 0 Å². The van der Waals surface area contributed by atoms with Gasteiger partial charge in [0, 0.05) is 19.1 Å². The van der Waals surface area contributed by atoms with Gasteiger partial charge in [0.2, 0.25) is 5.91 Å². The van der Waals surface area contributed by atoms with Crippen molar-refractivity contribution in [1.82, 2.24) is 5.32 Å². The highest BCUT2D eigenvalue weighted by Crippen LogP contribution is 2.32. The Morgan fingerprint density at radius 3 is 2.47 bits per heavy atom. The molecule has 4 heteroatoms. The summed E-state index contributed by atoms with van der Waals surface area (Å²) in [5.74, 6) is -0.271. The second-order valence-corrected chi connectivity index (χ2v) is 5.28. The smallest absolute Gasteiger partial charge is 0.237 e. The number of amides is 1. The molecule has 1 aliphatic heterocycles. The molecule has 0 bridgehead atoms. The van der Waals surface area contributed by atoms with Crippen LogP contribution in [0.15, 0.2) is 0 Å². The summed E-state index contributed by atoms with van der Waals surface area (Å²) in [5.41, 5.74) is 4.63. The van der Waals surface area contributed by atoms with Crippen LogP contribution in [-0.4, -0.2) is 29.7 Å². The third-order valence-corrected chi connectivity index (χ3v) is 2.79. The van der Waals surface area contributed by atoms with Crippen LogP contribution in [0.5, 0.6) is 0 Å².